The number of aliphatic hydroxyl groups is 1. The minimum absolute atomic E-state index is 0.154. The zero-order valence-electron chi connectivity index (χ0n) is 13.6. The number of aryl methyl sites for hydroxylation is 1. The summed E-state index contributed by atoms with van der Waals surface area (Å²) in [5, 5.41) is 17.5. The van der Waals surface area contributed by atoms with Crippen molar-refractivity contribution >= 4 is 0 Å². The van der Waals surface area contributed by atoms with E-state index in [0.717, 1.165) is 26.2 Å². The van der Waals surface area contributed by atoms with Gasteiger partial charge in [0.25, 0.3) is 0 Å². The van der Waals surface area contributed by atoms with Gasteiger partial charge in [-0.2, -0.15) is 0 Å². The Morgan fingerprint density at radius 1 is 1.33 bits per heavy atom. The molecule has 1 aliphatic rings. The van der Waals surface area contributed by atoms with Crippen LogP contribution in [0.25, 0.3) is 0 Å². The largest absolute Gasteiger partial charge is 0.424 e. The molecule has 6 nitrogen and oxygen atoms in total. The average Bonchev–Trinajstić information content (AvgIpc) is 2.86. The van der Waals surface area contributed by atoms with E-state index < -0.39 is 0 Å². The van der Waals surface area contributed by atoms with E-state index in [2.05, 4.69) is 34.0 Å². The number of nitrogens with zero attached hydrogens (tertiary/aromatic N) is 4. The fourth-order valence-corrected chi connectivity index (χ4v) is 2.96. The van der Waals surface area contributed by atoms with E-state index in [1.54, 1.807) is 0 Å². The lowest BCUT2D eigenvalue weighted by Gasteiger charge is -2.35. The molecular formula is C15H28N4O2. The van der Waals surface area contributed by atoms with Crippen molar-refractivity contribution in [2.45, 2.75) is 45.8 Å². The third-order valence-electron chi connectivity index (χ3n) is 4.34. The van der Waals surface area contributed by atoms with Crippen molar-refractivity contribution in [3.05, 3.63) is 11.8 Å². The predicted molar refractivity (Wildman–Crippen MR) is 80.9 cm³/mol. The van der Waals surface area contributed by atoms with Gasteiger partial charge in [0.2, 0.25) is 11.8 Å². The highest BCUT2D eigenvalue weighted by Gasteiger charge is 2.24. The van der Waals surface area contributed by atoms with Crippen molar-refractivity contribution < 1.29 is 9.52 Å². The van der Waals surface area contributed by atoms with Crippen LogP contribution in [0.3, 0.4) is 0 Å². The van der Waals surface area contributed by atoms with Crippen LogP contribution in [0.1, 0.15) is 44.5 Å². The van der Waals surface area contributed by atoms with Crippen molar-refractivity contribution in [2.24, 2.45) is 5.92 Å². The van der Waals surface area contributed by atoms with Crippen molar-refractivity contribution in [3.63, 3.8) is 0 Å². The van der Waals surface area contributed by atoms with E-state index in [4.69, 9.17) is 4.42 Å². The second-order valence-electron chi connectivity index (χ2n) is 6.37. The number of likely N-dealkylation sites (tertiary alicyclic amines) is 1. The summed E-state index contributed by atoms with van der Waals surface area (Å²) in [5.41, 5.74) is 0. The number of hydrogen-bond acceptors (Lipinski definition) is 6. The molecule has 21 heavy (non-hydrogen) atoms. The van der Waals surface area contributed by atoms with Crippen molar-refractivity contribution in [3.8, 4) is 0 Å². The Kier molecular flexibility index (Phi) is 5.72. The van der Waals surface area contributed by atoms with E-state index in [9.17, 15) is 5.11 Å². The molecule has 0 spiro atoms. The van der Waals surface area contributed by atoms with Crippen LogP contribution in [-0.4, -0.2) is 64.4 Å². The molecular weight excluding hydrogens is 268 g/mol. The molecule has 0 aromatic carbocycles. The topological polar surface area (TPSA) is 65.6 Å². The Hall–Kier alpha value is -0.980. The molecule has 6 heteroatoms. The number of hydrogen-bond donors (Lipinski definition) is 1. The normalized spacial score (nSPS) is 20.9. The van der Waals surface area contributed by atoms with Gasteiger partial charge in [-0.05, 0) is 52.7 Å². The summed E-state index contributed by atoms with van der Waals surface area (Å²) in [4.78, 5) is 4.65. The summed E-state index contributed by atoms with van der Waals surface area (Å²) >= 11 is 0. The quantitative estimate of drug-likeness (QED) is 0.857. The molecule has 120 valence electrons. The minimum atomic E-state index is -0.231. The van der Waals surface area contributed by atoms with Crippen molar-refractivity contribution in [1.82, 2.24) is 20.0 Å². The number of aromatic nitrogens is 2. The molecule has 1 saturated heterocycles. The van der Waals surface area contributed by atoms with Gasteiger partial charge in [0.1, 0.15) is 0 Å². The van der Waals surface area contributed by atoms with Crippen LogP contribution in [0.4, 0.5) is 0 Å². The van der Waals surface area contributed by atoms with Crippen LogP contribution < -0.4 is 0 Å². The molecule has 2 atom stereocenters. The second-order valence-corrected chi connectivity index (χ2v) is 6.37. The van der Waals surface area contributed by atoms with Crippen LogP contribution in [0.2, 0.25) is 0 Å². The number of aliphatic hydroxyl groups excluding tert-OH is 1. The van der Waals surface area contributed by atoms with E-state index in [-0.39, 0.29) is 12.1 Å². The van der Waals surface area contributed by atoms with Crippen LogP contribution >= 0.6 is 0 Å². The van der Waals surface area contributed by atoms with Crippen LogP contribution in [0.15, 0.2) is 4.42 Å². The average molecular weight is 296 g/mol. The summed E-state index contributed by atoms with van der Waals surface area (Å²) in [6.07, 6.45) is 2.14. The molecule has 1 aliphatic heterocycles. The molecule has 1 N–H and O–H groups in total. The van der Waals surface area contributed by atoms with Gasteiger partial charge >= 0.3 is 0 Å². The van der Waals surface area contributed by atoms with Gasteiger partial charge in [0.15, 0.2) is 0 Å². The summed E-state index contributed by atoms with van der Waals surface area (Å²) in [6.45, 7) is 9.78. The van der Waals surface area contributed by atoms with Gasteiger partial charge in [-0.25, -0.2) is 0 Å². The molecule has 0 unspecified atom stereocenters. The molecule has 1 aromatic heterocycles. The fraction of sp³-hybridized carbons (Fsp3) is 0.867. The number of piperidine rings is 1. The van der Waals surface area contributed by atoms with Crippen molar-refractivity contribution in [1.29, 1.82) is 0 Å². The van der Waals surface area contributed by atoms with Gasteiger partial charge in [0, 0.05) is 20.0 Å². The highest BCUT2D eigenvalue weighted by atomic mass is 16.4. The van der Waals surface area contributed by atoms with Gasteiger partial charge < -0.3 is 14.4 Å². The summed E-state index contributed by atoms with van der Waals surface area (Å²) in [6, 6.07) is 0.154. The van der Waals surface area contributed by atoms with Gasteiger partial charge in [0.05, 0.1) is 12.1 Å². The summed E-state index contributed by atoms with van der Waals surface area (Å²) < 4.78 is 5.52. The van der Waals surface area contributed by atoms with Gasteiger partial charge in [-0.3, -0.25) is 4.90 Å². The smallest absolute Gasteiger partial charge is 0.233 e. The lowest BCUT2D eigenvalue weighted by molar-refractivity contribution is 0.0865. The first-order valence-corrected chi connectivity index (χ1v) is 7.86. The van der Waals surface area contributed by atoms with Crippen LogP contribution in [-0.2, 0) is 0 Å². The second kappa shape index (κ2) is 7.33. The zero-order valence-corrected chi connectivity index (χ0v) is 13.6. The van der Waals surface area contributed by atoms with Crippen LogP contribution in [0.5, 0.6) is 0 Å². The lowest BCUT2D eigenvalue weighted by atomic mass is 9.95. The van der Waals surface area contributed by atoms with Gasteiger partial charge in [-0.15, -0.1) is 10.2 Å². The first-order chi connectivity index (χ1) is 9.95. The monoisotopic (exact) mass is 296 g/mol. The maximum absolute atomic E-state index is 9.44. The highest BCUT2D eigenvalue weighted by Crippen LogP contribution is 2.23. The third kappa shape index (κ3) is 4.76. The Balaban J connectivity index is 1.77. The Morgan fingerprint density at radius 2 is 2.00 bits per heavy atom. The number of β-amino-alcohol motifs (C(OH)–C–C–N with tert-alkyl or cyclic N) is 1. The lowest BCUT2D eigenvalue weighted by Crippen LogP contribution is -2.41. The maximum Gasteiger partial charge on any atom is 0.233 e. The Labute approximate surface area is 127 Å². The molecule has 0 aliphatic carbocycles. The first-order valence-electron chi connectivity index (χ1n) is 7.86. The fourth-order valence-electron chi connectivity index (χ4n) is 2.96. The molecule has 0 amide bonds. The molecule has 1 aromatic rings. The number of rotatable bonds is 6. The third-order valence-corrected chi connectivity index (χ3v) is 4.34. The molecule has 2 rings (SSSR count). The summed E-state index contributed by atoms with van der Waals surface area (Å²) in [5.74, 6) is 2.02. The molecule has 0 saturated carbocycles. The minimum Gasteiger partial charge on any atom is -0.424 e. The predicted octanol–water partition coefficient (Wildman–Crippen LogP) is 1.46. The molecule has 1 fully saturated rings. The van der Waals surface area contributed by atoms with E-state index in [0.29, 0.717) is 17.7 Å². The zero-order chi connectivity index (χ0) is 15.4. The van der Waals surface area contributed by atoms with Crippen LogP contribution in [0, 0.1) is 12.8 Å². The van der Waals surface area contributed by atoms with Gasteiger partial charge in [-0.1, -0.05) is 0 Å². The molecule has 2 heterocycles. The van der Waals surface area contributed by atoms with E-state index in [1.807, 2.05) is 13.8 Å². The van der Waals surface area contributed by atoms with E-state index in [1.165, 1.54) is 12.8 Å². The standard InChI is InChI=1S/C15H28N4O2/c1-11(20)9-19-7-5-14(6-8-19)10-18(4)12(2)15-17-16-13(3)21-15/h11-12,14,20H,5-10H2,1-4H3/t11-,12+/m1/s1. The Morgan fingerprint density at radius 3 is 2.52 bits per heavy atom. The SMILES string of the molecule is Cc1nnc([C@H](C)N(C)CC2CCN(C[C@@H](C)O)CC2)o1. The maximum atomic E-state index is 9.44. The van der Waals surface area contributed by atoms with Crippen molar-refractivity contribution in [2.75, 3.05) is 33.2 Å². The highest BCUT2D eigenvalue weighted by molar-refractivity contribution is 4.88. The first kappa shape index (κ1) is 16.4. The Bertz CT molecular complexity index is 427. The van der Waals surface area contributed by atoms with E-state index >= 15 is 0 Å². The molecule has 0 bridgehead atoms. The summed E-state index contributed by atoms with van der Waals surface area (Å²) in [7, 11) is 2.12. The molecule has 0 radical (unpaired) electrons.